The standard InChI is InChI=1S/C46H32N2/c1-3-13-31(14-4-1)32-23-25-34(26-24-32)47-42-21-11-9-19-38(42)40-27-28-41-39-20-10-12-22-43(39)48(46(41)45(40)47)44-30-29-35(33-15-5-2-6-16-33)36-17-7-8-18-37(36)44/h1-8,10-18,20-30H,9,19H2. The minimum atomic E-state index is 1.04. The molecule has 2 heteroatoms. The summed E-state index contributed by atoms with van der Waals surface area (Å²) in [6.07, 6.45) is 6.77. The maximum atomic E-state index is 2.54. The maximum Gasteiger partial charge on any atom is 0.0789 e. The van der Waals surface area contributed by atoms with E-state index in [1.165, 1.54) is 88.4 Å². The molecule has 1 aliphatic carbocycles. The van der Waals surface area contributed by atoms with Gasteiger partial charge in [0.1, 0.15) is 0 Å². The summed E-state index contributed by atoms with van der Waals surface area (Å²) >= 11 is 0. The van der Waals surface area contributed by atoms with Gasteiger partial charge < -0.3 is 9.13 Å². The van der Waals surface area contributed by atoms with Gasteiger partial charge in [-0.3, -0.25) is 0 Å². The zero-order valence-electron chi connectivity index (χ0n) is 26.5. The Morgan fingerprint density at radius 1 is 0.417 bits per heavy atom. The van der Waals surface area contributed by atoms with Crippen molar-refractivity contribution in [1.29, 1.82) is 0 Å². The molecule has 0 spiro atoms. The van der Waals surface area contributed by atoms with Crippen LogP contribution in [0.4, 0.5) is 0 Å². The van der Waals surface area contributed by atoms with Crippen molar-refractivity contribution in [3.8, 4) is 33.6 Å². The number of para-hydroxylation sites is 1. The van der Waals surface area contributed by atoms with Crippen LogP contribution in [-0.4, -0.2) is 9.13 Å². The number of aryl methyl sites for hydroxylation is 1. The molecular formula is C46H32N2. The molecule has 0 radical (unpaired) electrons. The minimum Gasteiger partial charge on any atom is -0.308 e. The van der Waals surface area contributed by atoms with Crippen LogP contribution in [0.25, 0.3) is 83.2 Å². The molecule has 0 amide bonds. The van der Waals surface area contributed by atoms with Gasteiger partial charge in [-0.25, -0.2) is 0 Å². The van der Waals surface area contributed by atoms with Crippen molar-refractivity contribution in [1.82, 2.24) is 9.13 Å². The highest BCUT2D eigenvalue weighted by molar-refractivity contribution is 6.20. The van der Waals surface area contributed by atoms with Gasteiger partial charge in [-0.1, -0.05) is 140 Å². The minimum absolute atomic E-state index is 1.04. The third-order valence-electron chi connectivity index (χ3n) is 10.2. The average Bonchev–Trinajstić information content (AvgIpc) is 3.68. The molecule has 0 N–H and O–H groups in total. The van der Waals surface area contributed by atoms with Crippen molar-refractivity contribution in [3.63, 3.8) is 0 Å². The second kappa shape index (κ2) is 10.7. The van der Waals surface area contributed by atoms with E-state index in [2.05, 4.69) is 179 Å². The normalized spacial score (nSPS) is 12.8. The van der Waals surface area contributed by atoms with Gasteiger partial charge in [-0.15, -0.1) is 0 Å². The number of hydrogen-bond acceptors (Lipinski definition) is 0. The first-order valence-corrected chi connectivity index (χ1v) is 16.8. The fraction of sp³-hybridized carbons (Fsp3) is 0.0435. The van der Waals surface area contributed by atoms with Gasteiger partial charge in [-0.2, -0.15) is 0 Å². The zero-order chi connectivity index (χ0) is 31.6. The lowest BCUT2D eigenvalue weighted by atomic mass is 9.97. The Bertz CT molecular complexity index is 2690. The van der Waals surface area contributed by atoms with Gasteiger partial charge >= 0.3 is 0 Å². The highest BCUT2D eigenvalue weighted by atomic mass is 15.1. The Kier molecular flexibility index (Phi) is 6.04. The number of aromatic nitrogens is 2. The molecule has 0 unspecified atom stereocenters. The molecule has 0 bridgehead atoms. The van der Waals surface area contributed by atoms with Gasteiger partial charge in [0.15, 0.2) is 0 Å². The number of nitrogens with zero attached hydrogens (tertiary/aromatic N) is 2. The molecule has 48 heavy (non-hydrogen) atoms. The van der Waals surface area contributed by atoms with Crippen molar-refractivity contribution >= 4 is 49.6 Å². The third kappa shape index (κ3) is 3.99. The molecule has 10 rings (SSSR count). The quantitative estimate of drug-likeness (QED) is 0.187. The van der Waals surface area contributed by atoms with E-state index >= 15 is 0 Å². The van der Waals surface area contributed by atoms with Crippen LogP contribution >= 0.6 is 0 Å². The molecule has 0 saturated carbocycles. The summed E-state index contributed by atoms with van der Waals surface area (Å²) < 4.78 is 5.06. The van der Waals surface area contributed by atoms with E-state index in [0.717, 1.165) is 12.8 Å². The predicted octanol–water partition coefficient (Wildman–Crippen LogP) is 12.2. The number of benzene rings is 7. The van der Waals surface area contributed by atoms with Crippen LogP contribution in [0.1, 0.15) is 17.7 Å². The molecule has 226 valence electrons. The summed E-state index contributed by atoms with van der Waals surface area (Å²) in [6.45, 7) is 0. The van der Waals surface area contributed by atoms with E-state index in [-0.39, 0.29) is 0 Å². The van der Waals surface area contributed by atoms with E-state index in [4.69, 9.17) is 0 Å². The number of fused-ring (bicyclic) bond motifs is 8. The first kappa shape index (κ1) is 27.0. The summed E-state index contributed by atoms with van der Waals surface area (Å²) in [5, 5.41) is 6.38. The lowest BCUT2D eigenvalue weighted by Gasteiger charge is -2.17. The molecule has 2 heterocycles. The Morgan fingerprint density at radius 2 is 1.04 bits per heavy atom. The van der Waals surface area contributed by atoms with E-state index in [1.807, 2.05) is 0 Å². The van der Waals surface area contributed by atoms with Crippen LogP contribution < -0.4 is 0 Å². The smallest absolute Gasteiger partial charge is 0.0789 e. The molecule has 1 aliphatic rings. The van der Waals surface area contributed by atoms with E-state index in [1.54, 1.807) is 0 Å². The second-order valence-corrected chi connectivity index (χ2v) is 12.8. The van der Waals surface area contributed by atoms with Crippen LogP contribution in [0.3, 0.4) is 0 Å². The van der Waals surface area contributed by atoms with Crippen LogP contribution in [0.5, 0.6) is 0 Å². The van der Waals surface area contributed by atoms with Crippen molar-refractivity contribution in [2.24, 2.45) is 0 Å². The highest BCUT2D eigenvalue weighted by Crippen LogP contribution is 2.44. The third-order valence-corrected chi connectivity index (χ3v) is 10.2. The summed E-state index contributed by atoms with van der Waals surface area (Å²) in [5.41, 5.74) is 13.8. The molecule has 2 nitrogen and oxygen atoms in total. The Labute approximate surface area is 279 Å². The topological polar surface area (TPSA) is 9.86 Å². The Morgan fingerprint density at radius 3 is 1.83 bits per heavy atom. The predicted molar refractivity (Wildman–Crippen MR) is 203 cm³/mol. The Hall–Kier alpha value is -6.12. The molecular weight excluding hydrogens is 581 g/mol. The van der Waals surface area contributed by atoms with Gasteiger partial charge in [0.05, 0.1) is 22.2 Å². The SMILES string of the molecule is C1=Cc2c(c3ccc4c5ccccc5n(-c5ccc(-c6ccccc6)c6ccccc56)c4c3n2-c2ccc(-c3ccccc3)cc2)CC1. The fourth-order valence-corrected chi connectivity index (χ4v) is 8.06. The zero-order valence-corrected chi connectivity index (χ0v) is 26.5. The second-order valence-electron chi connectivity index (χ2n) is 12.8. The lowest BCUT2D eigenvalue weighted by Crippen LogP contribution is -2.02. The van der Waals surface area contributed by atoms with Crippen LogP contribution in [-0.2, 0) is 6.42 Å². The molecule has 2 aromatic heterocycles. The van der Waals surface area contributed by atoms with E-state index < -0.39 is 0 Å². The van der Waals surface area contributed by atoms with Crippen molar-refractivity contribution in [2.45, 2.75) is 12.8 Å². The van der Waals surface area contributed by atoms with Crippen LogP contribution in [0.15, 0.2) is 164 Å². The van der Waals surface area contributed by atoms with E-state index in [0.29, 0.717) is 0 Å². The summed E-state index contributed by atoms with van der Waals surface area (Å²) in [7, 11) is 0. The average molecular weight is 613 g/mol. The highest BCUT2D eigenvalue weighted by Gasteiger charge is 2.25. The summed E-state index contributed by atoms with van der Waals surface area (Å²) in [4.78, 5) is 0. The van der Waals surface area contributed by atoms with Gasteiger partial charge in [0, 0.05) is 32.9 Å². The van der Waals surface area contributed by atoms with Crippen LogP contribution in [0.2, 0.25) is 0 Å². The fourth-order valence-electron chi connectivity index (χ4n) is 8.06. The summed E-state index contributed by atoms with van der Waals surface area (Å²) in [6, 6.07) is 57.7. The Balaban J connectivity index is 1.32. The van der Waals surface area contributed by atoms with Gasteiger partial charge in [0.2, 0.25) is 0 Å². The van der Waals surface area contributed by atoms with E-state index in [9.17, 15) is 0 Å². The van der Waals surface area contributed by atoms with Crippen molar-refractivity contribution in [2.75, 3.05) is 0 Å². The first-order valence-electron chi connectivity index (χ1n) is 16.8. The molecule has 0 atom stereocenters. The number of allylic oxidation sites excluding steroid dienone is 1. The van der Waals surface area contributed by atoms with Crippen LogP contribution in [0, 0.1) is 0 Å². The molecule has 0 saturated heterocycles. The first-order chi connectivity index (χ1) is 23.8. The molecule has 0 aliphatic heterocycles. The molecule has 0 fully saturated rings. The van der Waals surface area contributed by atoms with Gasteiger partial charge in [-0.05, 0) is 76.4 Å². The lowest BCUT2D eigenvalue weighted by molar-refractivity contribution is 0.967. The number of rotatable bonds is 4. The number of hydrogen-bond donors (Lipinski definition) is 0. The molecule has 9 aromatic rings. The van der Waals surface area contributed by atoms with Crippen molar-refractivity contribution < 1.29 is 0 Å². The largest absolute Gasteiger partial charge is 0.308 e. The van der Waals surface area contributed by atoms with Crippen molar-refractivity contribution in [3.05, 3.63) is 175 Å². The molecule has 7 aromatic carbocycles. The monoisotopic (exact) mass is 612 g/mol. The van der Waals surface area contributed by atoms with Gasteiger partial charge in [0.25, 0.3) is 0 Å². The maximum absolute atomic E-state index is 2.54. The summed E-state index contributed by atoms with van der Waals surface area (Å²) in [5.74, 6) is 0.